The number of amides is 1. The zero-order valence-electron chi connectivity index (χ0n) is 11.7. The van der Waals surface area contributed by atoms with Crippen molar-refractivity contribution in [3.63, 3.8) is 0 Å². The average molecular weight is 307 g/mol. The first-order valence-corrected chi connectivity index (χ1v) is 6.73. The molecular weight excluding hydrogens is 292 g/mol. The molecule has 0 radical (unpaired) electrons. The first-order valence-electron chi connectivity index (χ1n) is 6.35. The average Bonchev–Trinajstić information content (AvgIpc) is 2.95. The topological polar surface area (TPSA) is 63.8 Å². The van der Waals surface area contributed by atoms with Crippen LogP contribution < -0.4 is 10.2 Å². The van der Waals surface area contributed by atoms with Gasteiger partial charge in [-0.2, -0.15) is 5.10 Å². The molecule has 110 valence electrons. The largest absolute Gasteiger partial charge is 0.481 e. The van der Waals surface area contributed by atoms with Gasteiger partial charge in [-0.25, -0.2) is 5.43 Å². The summed E-state index contributed by atoms with van der Waals surface area (Å²) in [6.45, 7) is 3.51. The number of carbonyl (C=O) groups excluding carboxylic acids is 1. The van der Waals surface area contributed by atoms with E-state index in [0.29, 0.717) is 16.5 Å². The van der Waals surface area contributed by atoms with E-state index in [1.807, 2.05) is 6.92 Å². The number of nitrogens with zero attached hydrogens (tertiary/aromatic N) is 1. The second kappa shape index (κ2) is 6.95. The number of hydrogen-bond donors (Lipinski definition) is 1. The Morgan fingerprint density at radius 2 is 2.29 bits per heavy atom. The standard InChI is InChI=1S/C15H15ClN2O3/c1-10-8-12(16)5-6-14(10)21-11(2)15(19)18-17-9-13-4-3-7-20-13/h3-9,11H,1-2H3,(H,18,19)/b17-9+. The zero-order chi connectivity index (χ0) is 15.2. The summed E-state index contributed by atoms with van der Waals surface area (Å²) in [6, 6.07) is 8.68. The Labute approximate surface area is 127 Å². The summed E-state index contributed by atoms with van der Waals surface area (Å²) in [5.41, 5.74) is 3.25. The molecule has 0 saturated carbocycles. The number of aryl methyl sites for hydroxylation is 1. The highest BCUT2D eigenvalue weighted by Gasteiger charge is 2.15. The number of halogens is 1. The SMILES string of the molecule is Cc1cc(Cl)ccc1OC(C)C(=O)N/N=C/c1ccco1. The van der Waals surface area contributed by atoms with Gasteiger partial charge in [0, 0.05) is 5.02 Å². The Morgan fingerprint density at radius 3 is 2.95 bits per heavy atom. The second-order valence-corrected chi connectivity index (χ2v) is 4.86. The summed E-state index contributed by atoms with van der Waals surface area (Å²) in [7, 11) is 0. The van der Waals surface area contributed by atoms with Crippen molar-refractivity contribution in [2.24, 2.45) is 5.10 Å². The number of hydrazone groups is 1. The lowest BCUT2D eigenvalue weighted by atomic mass is 10.2. The predicted molar refractivity (Wildman–Crippen MR) is 80.7 cm³/mol. The van der Waals surface area contributed by atoms with Crippen molar-refractivity contribution in [2.45, 2.75) is 20.0 Å². The third-order valence-electron chi connectivity index (χ3n) is 2.72. The molecule has 0 aliphatic carbocycles. The van der Waals surface area contributed by atoms with Gasteiger partial charge in [0.05, 0.1) is 12.5 Å². The van der Waals surface area contributed by atoms with Crippen LogP contribution in [0, 0.1) is 6.92 Å². The number of hydrogen-bond acceptors (Lipinski definition) is 4. The maximum Gasteiger partial charge on any atom is 0.280 e. The van der Waals surface area contributed by atoms with E-state index in [9.17, 15) is 4.79 Å². The van der Waals surface area contributed by atoms with Crippen LogP contribution in [0.4, 0.5) is 0 Å². The molecule has 2 aromatic rings. The maximum absolute atomic E-state index is 11.8. The van der Waals surface area contributed by atoms with E-state index in [-0.39, 0.29) is 5.91 Å². The third kappa shape index (κ3) is 4.36. The van der Waals surface area contributed by atoms with E-state index >= 15 is 0 Å². The molecule has 0 aliphatic rings. The van der Waals surface area contributed by atoms with Gasteiger partial charge >= 0.3 is 0 Å². The minimum Gasteiger partial charge on any atom is -0.481 e. The van der Waals surface area contributed by atoms with E-state index in [4.69, 9.17) is 20.8 Å². The summed E-state index contributed by atoms with van der Waals surface area (Å²) in [5, 5.41) is 4.42. The van der Waals surface area contributed by atoms with Crippen molar-refractivity contribution in [1.29, 1.82) is 0 Å². The first kappa shape index (κ1) is 15.1. The number of nitrogens with one attached hydrogen (secondary N) is 1. The van der Waals surface area contributed by atoms with Crippen LogP contribution in [0.1, 0.15) is 18.2 Å². The third-order valence-corrected chi connectivity index (χ3v) is 2.95. The second-order valence-electron chi connectivity index (χ2n) is 4.42. The molecule has 1 atom stereocenters. The Morgan fingerprint density at radius 1 is 1.48 bits per heavy atom. The minimum absolute atomic E-state index is 0.354. The van der Waals surface area contributed by atoms with Crippen molar-refractivity contribution < 1.29 is 13.9 Å². The molecule has 0 saturated heterocycles. The summed E-state index contributed by atoms with van der Waals surface area (Å²) >= 11 is 5.87. The fraction of sp³-hybridized carbons (Fsp3) is 0.200. The zero-order valence-corrected chi connectivity index (χ0v) is 12.4. The molecule has 0 fully saturated rings. The number of carbonyl (C=O) groups is 1. The van der Waals surface area contributed by atoms with E-state index in [0.717, 1.165) is 5.56 Å². The molecule has 1 unspecified atom stereocenters. The summed E-state index contributed by atoms with van der Waals surface area (Å²) in [4.78, 5) is 11.8. The number of benzene rings is 1. The molecule has 1 N–H and O–H groups in total. The van der Waals surface area contributed by atoms with Crippen molar-refractivity contribution in [2.75, 3.05) is 0 Å². The highest BCUT2D eigenvalue weighted by Crippen LogP contribution is 2.22. The fourth-order valence-electron chi connectivity index (χ4n) is 1.60. The van der Waals surface area contributed by atoms with Gasteiger partial charge in [-0.15, -0.1) is 0 Å². The van der Waals surface area contributed by atoms with Crippen molar-refractivity contribution in [3.8, 4) is 5.75 Å². The lowest BCUT2D eigenvalue weighted by Crippen LogP contribution is -2.33. The number of furan rings is 1. The van der Waals surface area contributed by atoms with Gasteiger partial charge in [-0.3, -0.25) is 4.79 Å². The summed E-state index contributed by atoms with van der Waals surface area (Å²) < 4.78 is 10.6. The molecule has 0 aliphatic heterocycles. The van der Waals surface area contributed by atoms with Crippen LogP contribution >= 0.6 is 11.6 Å². The lowest BCUT2D eigenvalue weighted by Gasteiger charge is -2.14. The van der Waals surface area contributed by atoms with Crippen molar-refractivity contribution in [1.82, 2.24) is 5.43 Å². The number of rotatable bonds is 5. The van der Waals surface area contributed by atoms with E-state index in [1.54, 1.807) is 37.3 Å². The minimum atomic E-state index is -0.682. The summed E-state index contributed by atoms with van der Waals surface area (Å²) in [6.07, 6.45) is 2.26. The molecule has 0 bridgehead atoms. The van der Waals surface area contributed by atoms with Crippen LogP contribution in [-0.4, -0.2) is 18.2 Å². The summed E-state index contributed by atoms with van der Waals surface area (Å²) in [5.74, 6) is 0.807. The van der Waals surface area contributed by atoms with E-state index < -0.39 is 6.10 Å². The first-order chi connectivity index (χ1) is 10.1. The van der Waals surface area contributed by atoms with Crippen LogP contribution in [0.2, 0.25) is 5.02 Å². The highest BCUT2D eigenvalue weighted by atomic mass is 35.5. The smallest absolute Gasteiger partial charge is 0.280 e. The molecular formula is C15H15ClN2O3. The molecule has 6 heteroatoms. The van der Waals surface area contributed by atoms with Gasteiger partial charge in [0.15, 0.2) is 6.10 Å². The maximum atomic E-state index is 11.8. The number of ether oxygens (including phenoxy) is 1. The van der Waals surface area contributed by atoms with Crippen LogP contribution in [0.25, 0.3) is 0 Å². The molecule has 1 aromatic carbocycles. The van der Waals surface area contributed by atoms with Gasteiger partial charge < -0.3 is 9.15 Å². The lowest BCUT2D eigenvalue weighted by molar-refractivity contribution is -0.127. The van der Waals surface area contributed by atoms with Crippen molar-refractivity contribution >= 4 is 23.7 Å². The van der Waals surface area contributed by atoms with Gasteiger partial charge in [0.1, 0.15) is 11.5 Å². The molecule has 21 heavy (non-hydrogen) atoms. The Kier molecular flexibility index (Phi) is 5.00. The highest BCUT2D eigenvalue weighted by molar-refractivity contribution is 6.30. The molecule has 1 heterocycles. The fourth-order valence-corrected chi connectivity index (χ4v) is 1.83. The van der Waals surface area contributed by atoms with Crippen LogP contribution in [0.5, 0.6) is 5.75 Å². The molecule has 0 spiro atoms. The van der Waals surface area contributed by atoms with Gasteiger partial charge in [0.25, 0.3) is 5.91 Å². The quantitative estimate of drug-likeness (QED) is 0.681. The van der Waals surface area contributed by atoms with Crippen LogP contribution in [0.3, 0.4) is 0 Å². The monoisotopic (exact) mass is 306 g/mol. The van der Waals surface area contributed by atoms with Gasteiger partial charge in [0.2, 0.25) is 0 Å². The molecule has 1 aromatic heterocycles. The predicted octanol–water partition coefficient (Wildman–Crippen LogP) is 3.16. The normalized spacial score (nSPS) is 12.3. The molecule has 2 rings (SSSR count). The Bertz CT molecular complexity index is 638. The molecule has 5 nitrogen and oxygen atoms in total. The van der Waals surface area contributed by atoms with Gasteiger partial charge in [-0.05, 0) is 49.7 Å². The Hall–Kier alpha value is -2.27. The Balaban J connectivity index is 1.90. The molecule has 1 amide bonds. The van der Waals surface area contributed by atoms with Crippen molar-refractivity contribution in [3.05, 3.63) is 52.9 Å². The van der Waals surface area contributed by atoms with Crippen LogP contribution in [0.15, 0.2) is 46.1 Å². The van der Waals surface area contributed by atoms with Gasteiger partial charge in [-0.1, -0.05) is 11.6 Å². The van der Waals surface area contributed by atoms with E-state index in [2.05, 4.69) is 10.5 Å². The van der Waals surface area contributed by atoms with E-state index in [1.165, 1.54) is 12.5 Å². The van der Waals surface area contributed by atoms with Crippen LogP contribution in [-0.2, 0) is 4.79 Å².